The zero-order chi connectivity index (χ0) is 9.10. The molecular formula is C10H10O3. The van der Waals surface area contributed by atoms with Gasteiger partial charge in [-0.1, -0.05) is 18.2 Å². The minimum atomic E-state index is -0.394. The van der Waals surface area contributed by atoms with Crippen molar-refractivity contribution in [3.63, 3.8) is 0 Å². The zero-order valence-electron chi connectivity index (χ0n) is 7.10. The minimum absolute atomic E-state index is 0.180. The van der Waals surface area contributed by atoms with E-state index < -0.39 is 6.29 Å². The average molecular weight is 178 g/mol. The van der Waals surface area contributed by atoms with E-state index in [1.54, 1.807) is 0 Å². The van der Waals surface area contributed by atoms with Gasteiger partial charge in [0.25, 0.3) is 0 Å². The highest BCUT2D eigenvalue weighted by Crippen LogP contribution is 2.19. The van der Waals surface area contributed by atoms with Crippen LogP contribution >= 0.6 is 0 Å². The van der Waals surface area contributed by atoms with Crippen molar-refractivity contribution in [1.82, 2.24) is 0 Å². The zero-order valence-corrected chi connectivity index (χ0v) is 7.10. The maximum Gasteiger partial charge on any atom is 0.309 e. The number of ether oxygens (including phenoxy) is 2. The molecule has 1 saturated heterocycles. The van der Waals surface area contributed by atoms with Gasteiger partial charge in [0.15, 0.2) is 0 Å². The molecule has 1 unspecified atom stereocenters. The first-order valence-corrected chi connectivity index (χ1v) is 4.26. The van der Waals surface area contributed by atoms with Gasteiger partial charge in [0.05, 0.1) is 6.42 Å². The van der Waals surface area contributed by atoms with Gasteiger partial charge in [-0.2, -0.15) is 0 Å². The van der Waals surface area contributed by atoms with Crippen molar-refractivity contribution in [2.24, 2.45) is 0 Å². The van der Waals surface area contributed by atoms with Gasteiger partial charge in [-0.3, -0.25) is 4.79 Å². The van der Waals surface area contributed by atoms with Crippen LogP contribution < -0.4 is 4.74 Å². The van der Waals surface area contributed by atoms with Crippen LogP contribution in [0.3, 0.4) is 0 Å². The summed E-state index contributed by atoms with van der Waals surface area (Å²) in [6, 6.07) is 9.35. The number of hydrogen-bond acceptors (Lipinski definition) is 3. The third-order valence-corrected chi connectivity index (χ3v) is 1.86. The third kappa shape index (κ3) is 1.99. The molecule has 13 heavy (non-hydrogen) atoms. The van der Waals surface area contributed by atoms with Gasteiger partial charge in [-0.15, -0.1) is 0 Å². The number of esters is 1. The molecule has 1 aromatic rings. The van der Waals surface area contributed by atoms with Crippen LogP contribution in [0, 0.1) is 0 Å². The largest absolute Gasteiger partial charge is 0.455 e. The lowest BCUT2D eigenvalue weighted by atomic mass is 10.3. The number of cyclic esters (lactones) is 1. The molecule has 1 atom stereocenters. The summed E-state index contributed by atoms with van der Waals surface area (Å²) in [6.45, 7) is 0. The van der Waals surface area contributed by atoms with Crippen molar-refractivity contribution in [3.05, 3.63) is 30.3 Å². The van der Waals surface area contributed by atoms with E-state index in [1.165, 1.54) is 0 Å². The lowest BCUT2D eigenvalue weighted by Gasteiger charge is -2.11. The third-order valence-electron chi connectivity index (χ3n) is 1.86. The highest BCUT2D eigenvalue weighted by atomic mass is 16.7. The highest BCUT2D eigenvalue weighted by molar-refractivity contribution is 5.71. The summed E-state index contributed by atoms with van der Waals surface area (Å²) >= 11 is 0. The fourth-order valence-corrected chi connectivity index (χ4v) is 1.23. The van der Waals surface area contributed by atoms with E-state index >= 15 is 0 Å². The van der Waals surface area contributed by atoms with Crippen LogP contribution in [0.25, 0.3) is 0 Å². The number of hydrogen-bond donors (Lipinski definition) is 0. The second-order valence-electron chi connectivity index (χ2n) is 2.89. The van der Waals surface area contributed by atoms with Crippen molar-refractivity contribution in [1.29, 1.82) is 0 Å². The molecule has 0 saturated carbocycles. The lowest BCUT2D eigenvalue weighted by Crippen LogP contribution is -2.14. The second kappa shape index (κ2) is 3.47. The average Bonchev–Trinajstić information content (AvgIpc) is 2.53. The topological polar surface area (TPSA) is 35.5 Å². The minimum Gasteiger partial charge on any atom is -0.455 e. The Morgan fingerprint density at radius 1 is 1.31 bits per heavy atom. The Balaban J connectivity index is 1.96. The summed E-state index contributed by atoms with van der Waals surface area (Å²) in [7, 11) is 0. The molecule has 1 aliphatic rings. The first-order chi connectivity index (χ1) is 6.34. The Kier molecular flexibility index (Phi) is 2.17. The molecule has 0 N–H and O–H groups in total. The molecule has 3 nitrogen and oxygen atoms in total. The van der Waals surface area contributed by atoms with Crippen molar-refractivity contribution >= 4 is 5.97 Å². The molecule has 1 aromatic carbocycles. The Morgan fingerprint density at radius 3 is 2.69 bits per heavy atom. The van der Waals surface area contributed by atoms with Crippen LogP contribution in [0.15, 0.2) is 30.3 Å². The number of para-hydroxylation sites is 1. The standard InChI is InChI=1S/C10H10O3/c11-9-6-7-10(13-9)12-8-4-2-1-3-5-8/h1-5,10H,6-7H2. The maximum atomic E-state index is 10.7. The van der Waals surface area contributed by atoms with Crippen molar-refractivity contribution < 1.29 is 14.3 Å². The number of benzene rings is 1. The summed E-state index contributed by atoms with van der Waals surface area (Å²) < 4.78 is 10.3. The summed E-state index contributed by atoms with van der Waals surface area (Å²) in [6.07, 6.45) is 0.709. The van der Waals surface area contributed by atoms with Crippen LogP contribution in [0.5, 0.6) is 5.75 Å². The molecule has 0 amide bonds. The molecule has 1 heterocycles. The molecule has 3 heteroatoms. The summed E-state index contributed by atoms with van der Waals surface area (Å²) in [4.78, 5) is 10.7. The Bertz CT molecular complexity index is 294. The van der Waals surface area contributed by atoms with Crippen LogP contribution in [-0.2, 0) is 9.53 Å². The number of carbonyl (C=O) groups excluding carboxylic acids is 1. The Labute approximate surface area is 76.3 Å². The highest BCUT2D eigenvalue weighted by Gasteiger charge is 2.24. The van der Waals surface area contributed by atoms with Gasteiger partial charge >= 0.3 is 5.97 Å². The molecule has 0 aromatic heterocycles. The molecule has 68 valence electrons. The number of rotatable bonds is 2. The Morgan fingerprint density at radius 2 is 2.08 bits per heavy atom. The first kappa shape index (κ1) is 8.10. The Hall–Kier alpha value is -1.51. The van der Waals surface area contributed by atoms with Gasteiger partial charge in [0.1, 0.15) is 5.75 Å². The van der Waals surface area contributed by atoms with E-state index in [9.17, 15) is 4.79 Å². The number of carbonyl (C=O) groups is 1. The molecule has 0 spiro atoms. The van der Waals surface area contributed by atoms with E-state index in [-0.39, 0.29) is 5.97 Å². The first-order valence-electron chi connectivity index (χ1n) is 4.26. The molecule has 1 fully saturated rings. The molecule has 2 rings (SSSR count). The molecule has 0 aliphatic carbocycles. The molecule has 0 bridgehead atoms. The SMILES string of the molecule is O=C1CCC(Oc2ccccc2)O1. The van der Waals surface area contributed by atoms with E-state index in [4.69, 9.17) is 9.47 Å². The fourth-order valence-electron chi connectivity index (χ4n) is 1.23. The van der Waals surface area contributed by atoms with E-state index in [0.29, 0.717) is 12.8 Å². The van der Waals surface area contributed by atoms with Crippen LogP contribution in [0.1, 0.15) is 12.8 Å². The van der Waals surface area contributed by atoms with Crippen molar-refractivity contribution in [2.45, 2.75) is 19.1 Å². The van der Waals surface area contributed by atoms with Gasteiger partial charge in [-0.25, -0.2) is 0 Å². The smallest absolute Gasteiger partial charge is 0.309 e. The molecule has 1 aliphatic heterocycles. The normalized spacial score (nSPS) is 21.2. The predicted molar refractivity (Wildman–Crippen MR) is 46.2 cm³/mol. The van der Waals surface area contributed by atoms with Crippen LogP contribution in [-0.4, -0.2) is 12.3 Å². The second-order valence-corrected chi connectivity index (χ2v) is 2.89. The molecular weight excluding hydrogens is 168 g/mol. The van der Waals surface area contributed by atoms with Crippen molar-refractivity contribution in [2.75, 3.05) is 0 Å². The van der Waals surface area contributed by atoms with Gasteiger partial charge in [0, 0.05) is 6.42 Å². The van der Waals surface area contributed by atoms with Gasteiger partial charge in [0.2, 0.25) is 6.29 Å². The van der Waals surface area contributed by atoms with Gasteiger partial charge < -0.3 is 9.47 Å². The fraction of sp³-hybridized carbons (Fsp3) is 0.300. The summed E-state index contributed by atoms with van der Waals surface area (Å²) in [5.41, 5.74) is 0. The van der Waals surface area contributed by atoms with E-state index in [2.05, 4.69) is 0 Å². The van der Waals surface area contributed by atoms with Crippen LogP contribution in [0.2, 0.25) is 0 Å². The van der Waals surface area contributed by atoms with E-state index in [1.807, 2.05) is 30.3 Å². The van der Waals surface area contributed by atoms with Crippen molar-refractivity contribution in [3.8, 4) is 5.75 Å². The molecule has 0 radical (unpaired) electrons. The predicted octanol–water partition coefficient (Wildman–Crippen LogP) is 1.73. The van der Waals surface area contributed by atoms with Gasteiger partial charge in [-0.05, 0) is 12.1 Å². The maximum absolute atomic E-state index is 10.7. The van der Waals surface area contributed by atoms with Crippen LogP contribution in [0.4, 0.5) is 0 Å². The quantitative estimate of drug-likeness (QED) is 0.647. The lowest BCUT2D eigenvalue weighted by molar-refractivity contribution is -0.150. The summed E-state index contributed by atoms with van der Waals surface area (Å²) in [5, 5.41) is 0. The monoisotopic (exact) mass is 178 g/mol. The van der Waals surface area contributed by atoms with E-state index in [0.717, 1.165) is 5.75 Å². The summed E-state index contributed by atoms with van der Waals surface area (Å²) in [5.74, 6) is 0.558.